The van der Waals surface area contributed by atoms with Gasteiger partial charge in [-0.15, -0.1) is 0 Å². The lowest BCUT2D eigenvalue weighted by Crippen LogP contribution is -2.03. The van der Waals surface area contributed by atoms with Crippen molar-refractivity contribution in [3.63, 3.8) is 0 Å². The molecular weight excluding hydrogens is 354 g/mol. The Hall–Kier alpha value is -1.92. The highest BCUT2D eigenvalue weighted by Gasteiger charge is 2.21. The fraction of sp³-hybridized carbons (Fsp3) is 0. The summed E-state index contributed by atoms with van der Waals surface area (Å²) >= 11 is 3.28. The largest absolute Gasteiger partial charge is 0.506 e. The topological polar surface area (TPSA) is 67.3 Å². The number of phenols is 1. The summed E-state index contributed by atoms with van der Waals surface area (Å²) in [5.41, 5.74) is 0.274. The van der Waals surface area contributed by atoms with Crippen molar-refractivity contribution in [3.05, 3.63) is 59.2 Å². The number of halogens is 1. The highest BCUT2D eigenvalue weighted by atomic mass is 79.9. The predicted octanol–water partition coefficient (Wildman–Crippen LogP) is 3.54. The summed E-state index contributed by atoms with van der Waals surface area (Å²) in [7, 11) is -3.67. The van der Waals surface area contributed by atoms with Crippen LogP contribution in [-0.4, -0.2) is 18.5 Å². The Morgan fingerprint density at radius 1 is 1.00 bits per heavy atom. The molecule has 0 saturated heterocycles. The van der Waals surface area contributed by atoms with Crippen molar-refractivity contribution in [2.45, 2.75) is 9.79 Å². The fourth-order valence-corrected chi connectivity index (χ4v) is 3.82. The van der Waals surface area contributed by atoms with E-state index in [0.717, 1.165) is 4.47 Å². The molecule has 0 saturated carbocycles. The average molecular weight is 364 g/mol. The molecule has 1 N–H and O–H groups in total. The molecule has 3 aromatic rings. The third-order valence-corrected chi connectivity index (χ3v) is 5.48. The van der Waals surface area contributed by atoms with Gasteiger partial charge < -0.3 is 5.11 Å². The number of sulfone groups is 1. The van der Waals surface area contributed by atoms with Crippen LogP contribution in [0.1, 0.15) is 0 Å². The molecule has 21 heavy (non-hydrogen) atoms. The number of pyridine rings is 1. The minimum atomic E-state index is -3.67. The van der Waals surface area contributed by atoms with Gasteiger partial charge in [-0.25, -0.2) is 8.42 Å². The van der Waals surface area contributed by atoms with Crippen molar-refractivity contribution >= 4 is 36.7 Å². The van der Waals surface area contributed by atoms with Crippen LogP contribution in [0.5, 0.6) is 5.75 Å². The van der Waals surface area contributed by atoms with Crippen LogP contribution in [0, 0.1) is 0 Å². The number of hydrogen-bond acceptors (Lipinski definition) is 4. The average Bonchev–Trinajstić information content (AvgIpc) is 2.48. The van der Waals surface area contributed by atoms with Gasteiger partial charge in [-0.05, 0) is 48.5 Å². The van der Waals surface area contributed by atoms with E-state index in [1.807, 2.05) is 0 Å². The molecule has 6 heteroatoms. The Bertz CT molecular complexity index is 921. The maximum atomic E-state index is 12.7. The van der Waals surface area contributed by atoms with Crippen molar-refractivity contribution in [2.75, 3.05) is 0 Å². The summed E-state index contributed by atoms with van der Waals surface area (Å²) < 4.78 is 26.3. The molecule has 106 valence electrons. The quantitative estimate of drug-likeness (QED) is 0.755. The van der Waals surface area contributed by atoms with E-state index in [9.17, 15) is 13.5 Å². The van der Waals surface area contributed by atoms with Gasteiger partial charge in [-0.3, -0.25) is 4.98 Å². The second kappa shape index (κ2) is 5.13. The molecule has 1 heterocycles. The van der Waals surface area contributed by atoms with E-state index in [4.69, 9.17) is 0 Å². The lowest BCUT2D eigenvalue weighted by molar-refractivity contribution is 0.480. The zero-order chi connectivity index (χ0) is 15.0. The maximum absolute atomic E-state index is 12.7. The molecule has 3 rings (SSSR count). The summed E-state index contributed by atoms with van der Waals surface area (Å²) in [6, 6.07) is 12.4. The van der Waals surface area contributed by atoms with Crippen LogP contribution in [0.2, 0.25) is 0 Å². The van der Waals surface area contributed by atoms with Crippen molar-refractivity contribution in [3.8, 4) is 5.75 Å². The van der Waals surface area contributed by atoms with Gasteiger partial charge in [0, 0.05) is 16.1 Å². The monoisotopic (exact) mass is 363 g/mol. The Morgan fingerprint density at radius 2 is 1.71 bits per heavy atom. The van der Waals surface area contributed by atoms with Gasteiger partial charge in [-0.2, -0.15) is 0 Å². The van der Waals surface area contributed by atoms with Gasteiger partial charge in [0.15, 0.2) is 0 Å². The molecule has 0 unspecified atom stereocenters. The minimum Gasteiger partial charge on any atom is -0.506 e. The first-order chi connectivity index (χ1) is 10.00. The Balaban J connectivity index is 2.29. The summed E-state index contributed by atoms with van der Waals surface area (Å²) in [5.74, 6) is -0.0413. The maximum Gasteiger partial charge on any atom is 0.207 e. The number of benzene rings is 2. The molecule has 0 bridgehead atoms. The minimum absolute atomic E-state index is 0.0413. The van der Waals surface area contributed by atoms with Crippen molar-refractivity contribution < 1.29 is 13.5 Å². The predicted molar refractivity (Wildman–Crippen MR) is 83.0 cm³/mol. The van der Waals surface area contributed by atoms with E-state index in [2.05, 4.69) is 20.9 Å². The molecular formula is C15H10BrNO3S. The fourth-order valence-electron chi connectivity index (χ4n) is 2.11. The van der Waals surface area contributed by atoms with Gasteiger partial charge in [0.25, 0.3) is 0 Å². The van der Waals surface area contributed by atoms with Crippen LogP contribution in [-0.2, 0) is 9.84 Å². The highest BCUT2D eigenvalue weighted by molar-refractivity contribution is 9.10. The zero-order valence-corrected chi connectivity index (χ0v) is 13.1. The van der Waals surface area contributed by atoms with E-state index < -0.39 is 9.84 Å². The number of aromatic nitrogens is 1. The molecule has 0 atom stereocenters. The number of fused-ring (bicyclic) bond motifs is 1. The summed E-state index contributed by atoms with van der Waals surface area (Å²) in [5, 5.41) is 10.2. The van der Waals surface area contributed by atoms with Crippen LogP contribution in [0.3, 0.4) is 0 Å². The van der Waals surface area contributed by atoms with Crippen molar-refractivity contribution in [1.82, 2.24) is 4.98 Å². The number of hydrogen-bond donors (Lipinski definition) is 1. The van der Waals surface area contributed by atoms with Gasteiger partial charge in [0.2, 0.25) is 9.84 Å². The van der Waals surface area contributed by atoms with E-state index >= 15 is 0 Å². The summed E-state index contributed by atoms with van der Waals surface area (Å²) in [6.45, 7) is 0. The summed E-state index contributed by atoms with van der Waals surface area (Å²) in [4.78, 5) is 4.37. The molecule has 0 spiro atoms. The first-order valence-electron chi connectivity index (χ1n) is 6.07. The molecule has 0 aliphatic carbocycles. The molecule has 4 nitrogen and oxygen atoms in total. The molecule has 2 aromatic carbocycles. The lowest BCUT2D eigenvalue weighted by Gasteiger charge is -2.09. The Kier molecular flexibility index (Phi) is 3.43. The van der Waals surface area contributed by atoms with Crippen molar-refractivity contribution in [1.29, 1.82) is 0 Å². The summed E-state index contributed by atoms with van der Waals surface area (Å²) in [6.07, 6.45) is 1.51. The van der Waals surface area contributed by atoms with Gasteiger partial charge >= 0.3 is 0 Å². The Labute approximate surface area is 130 Å². The Morgan fingerprint density at radius 3 is 2.43 bits per heavy atom. The zero-order valence-electron chi connectivity index (χ0n) is 10.7. The van der Waals surface area contributed by atoms with Gasteiger partial charge in [0.1, 0.15) is 11.3 Å². The molecule has 0 fully saturated rings. The first-order valence-corrected chi connectivity index (χ1v) is 8.35. The number of nitrogens with zero attached hydrogens (tertiary/aromatic N) is 1. The van der Waals surface area contributed by atoms with Crippen molar-refractivity contribution in [2.24, 2.45) is 0 Å². The molecule has 0 amide bonds. The van der Waals surface area contributed by atoms with E-state index in [-0.39, 0.29) is 21.1 Å². The first kappa shape index (κ1) is 14.0. The second-order valence-corrected chi connectivity index (χ2v) is 7.27. The van der Waals surface area contributed by atoms with Crippen LogP contribution in [0.15, 0.2) is 69.0 Å². The van der Waals surface area contributed by atoms with E-state index in [1.165, 1.54) is 30.5 Å². The SMILES string of the molecule is O=S(=O)(c1ccc(Br)cc1)c1ccc(O)c2ncccc12. The number of phenolic OH excluding ortho intramolecular Hbond substituents is 1. The third kappa shape index (κ3) is 2.41. The normalized spacial score (nSPS) is 11.7. The molecule has 1 aromatic heterocycles. The van der Waals surface area contributed by atoms with Crippen LogP contribution in [0.25, 0.3) is 10.9 Å². The third-order valence-electron chi connectivity index (χ3n) is 3.12. The highest BCUT2D eigenvalue weighted by Crippen LogP contribution is 2.32. The second-order valence-electron chi connectivity index (χ2n) is 4.44. The number of rotatable bonds is 2. The molecule has 0 radical (unpaired) electrons. The smallest absolute Gasteiger partial charge is 0.207 e. The van der Waals surface area contributed by atoms with E-state index in [0.29, 0.717) is 5.39 Å². The molecule has 0 aliphatic rings. The van der Waals surface area contributed by atoms with E-state index in [1.54, 1.807) is 24.3 Å². The van der Waals surface area contributed by atoms with Gasteiger partial charge in [0.05, 0.1) is 9.79 Å². The lowest BCUT2D eigenvalue weighted by atomic mass is 10.2. The van der Waals surface area contributed by atoms with Gasteiger partial charge in [-0.1, -0.05) is 15.9 Å². The molecule has 0 aliphatic heterocycles. The standard InChI is InChI=1S/C15H10BrNO3S/c16-10-3-5-11(6-4-10)21(19,20)14-8-7-13(18)15-12(14)2-1-9-17-15/h1-9,18H. The van der Waals surface area contributed by atoms with Crippen LogP contribution in [0.4, 0.5) is 0 Å². The number of aromatic hydroxyl groups is 1. The van der Waals surface area contributed by atoms with Crippen LogP contribution < -0.4 is 0 Å². The van der Waals surface area contributed by atoms with Crippen LogP contribution >= 0.6 is 15.9 Å².